The fourth-order valence-corrected chi connectivity index (χ4v) is 1.31. The number of hydrogen-bond acceptors (Lipinski definition) is 0. The zero-order valence-corrected chi connectivity index (χ0v) is 8.84. The van der Waals surface area contributed by atoms with Gasteiger partial charge < -0.3 is 0 Å². The molecule has 0 N–H and O–H groups in total. The number of hydrogen-bond donors (Lipinski definition) is 0. The molecule has 12 heavy (non-hydrogen) atoms. The van der Waals surface area contributed by atoms with Crippen LogP contribution in [0.1, 0.15) is 17.5 Å². The van der Waals surface area contributed by atoms with E-state index in [4.69, 9.17) is 0 Å². The van der Waals surface area contributed by atoms with Gasteiger partial charge in [0, 0.05) is 5.33 Å². The van der Waals surface area contributed by atoms with Crippen molar-refractivity contribution in [2.45, 2.75) is 13.3 Å². The maximum Gasteiger partial charge on any atom is 0.00660 e. The predicted octanol–water partition coefficient (Wildman–Crippen LogP) is 3.79. The van der Waals surface area contributed by atoms with Gasteiger partial charge in [-0.15, -0.1) is 0 Å². The van der Waals surface area contributed by atoms with E-state index in [0.717, 1.165) is 11.8 Å². The fraction of sp³-hybridized carbons (Fsp3) is 0.273. The largest absolute Gasteiger partial charge is 0.0925 e. The Morgan fingerprint density at radius 3 is 2.75 bits per heavy atom. The van der Waals surface area contributed by atoms with Crippen LogP contribution in [-0.4, -0.2) is 5.33 Å². The molecule has 1 aromatic carbocycles. The van der Waals surface area contributed by atoms with Gasteiger partial charge >= 0.3 is 0 Å². The molecule has 0 saturated carbocycles. The SMILES string of the molecule is Cc1ccccc1C=CCCBr. The van der Waals surface area contributed by atoms with Gasteiger partial charge in [-0.25, -0.2) is 0 Å². The summed E-state index contributed by atoms with van der Waals surface area (Å²) in [5.41, 5.74) is 2.65. The van der Waals surface area contributed by atoms with E-state index in [2.05, 4.69) is 59.3 Å². The van der Waals surface area contributed by atoms with E-state index >= 15 is 0 Å². The Bertz CT molecular complexity index is 263. The number of allylic oxidation sites excluding steroid dienone is 1. The molecule has 1 heteroatoms. The highest BCUT2D eigenvalue weighted by molar-refractivity contribution is 9.09. The molecule has 0 heterocycles. The van der Waals surface area contributed by atoms with Crippen molar-refractivity contribution in [2.24, 2.45) is 0 Å². The minimum Gasteiger partial charge on any atom is -0.0925 e. The number of aryl methyl sites for hydroxylation is 1. The highest BCUT2D eigenvalue weighted by Gasteiger charge is 1.89. The quantitative estimate of drug-likeness (QED) is 0.686. The van der Waals surface area contributed by atoms with Crippen LogP contribution in [0.5, 0.6) is 0 Å². The zero-order valence-electron chi connectivity index (χ0n) is 7.26. The average Bonchev–Trinajstić information content (AvgIpc) is 2.09. The molecule has 64 valence electrons. The molecule has 0 aromatic heterocycles. The van der Waals surface area contributed by atoms with Crippen molar-refractivity contribution < 1.29 is 0 Å². The van der Waals surface area contributed by atoms with Crippen LogP contribution in [-0.2, 0) is 0 Å². The van der Waals surface area contributed by atoms with Crippen molar-refractivity contribution in [2.75, 3.05) is 5.33 Å². The van der Waals surface area contributed by atoms with Gasteiger partial charge in [-0.3, -0.25) is 0 Å². The lowest BCUT2D eigenvalue weighted by atomic mass is 10.1. The minimum atomic E-state index is 1.04. The Morgan fingerprint density at radius 1 is 1.33 bits per heavy atom. The molecule has 0 fully saturated rings. The van der Waals surface area contributed by atoms with Crippen molar-refractivity contribution in [3.8, 4) is 0 Å². The molecule has 1 rings (SSSR count). The van der Waals surface area contributed by atoms with Crippen molar-refractivity contribution in [1.82, 2.24) is 0 Å². The Balaban J connectivity index is 2.68. The van der Waals surface area contributed by atoms with Gasteiger partial charge in [0.25, 0.3) is 0 Å². The Kier molecular flexibility index (Phi) is 4.09. The molecule has 0 aliphatic rings. The van der Waals surface area contributed by atoms with E-state index < -0.39 is 0 Å². The number of rotatable bonds is 3. The fourth-order valence-electron chi connectivity index (χ4n) is 1.05. The smallest absolute Gasteiger partial charge is 0.00660 e. The third kappa shape index (κ3) is 2.82. The van der Waals surface area contributed by atoms with Gasteiger partial charge in [-0.1, -0.05) is 52.3 Å². The summed E-state index contributed by atoms with van der Waals surface area (Å²) in [6, 6.07) is 8.41. The third-order valence-electron chi connectivity index (χ3n) is 1.76. The summed E-state index contributed by atoms with van der Waals surface area (Å²) in [4.78, 5) is 0. The molecule has 0 nitrogen and oxygen atoms in total. The maximum atomic E-state index is 3.39. The minimum absolute atomic E-state index is 1.04. The summed E-state index contributed by atoms with van der Waals surface area (Å²) < 4.78 is 0. The summed E-state index contributed by atoms with van der Waals surface area (Å²) in [5.74, 6) is 0. The first-order valence-electron chi connectivity index (χ1n) is 4.12. The van der Waals surface area contributed by atoms with Crippen LogP contribution in [0.2, 0.25) is 0 Å². The Morgan fingerprint density at radius 2 is 2.08 bits per heavy atom. The standard InChI is InChI=1S/C11H13Br/c1-10-6-2-3-7-11(10)8-4-5-9-12/h2-4,6-8H,5,9H2,1H3. The topological polar surface area (TPSA) is 0 Å². The number of halogens is 1. The van der Waals surface area contributed by atoms with E-state index in [1.165, 1.54) is 11.1 Å². The molecule has 0 bridgehead atoms. The molecule has 0 spiro atoms. The summed E-state index contributed by atoms with van der Waals surface area (Å²) in [6.07, 6.45) is 5.46. The molecule has 0 radical (unpaired) electrons. The second-order valence-electron chi connectivity index (χ2n) is 2.74. The summed E-state index contributed by atoms with van der Waals surface area (Å²) in [5, 5.41) is 1.04. The van der Waals surface area contributed by atoms with Crippen molar-refractivity contribution in [1.29, 1.82) is 0 Å². The second-order valence-corrected chi connectivity index (χ2v) is 3.53. The maximum absolute atomic E-state index is 3.39. The molecular weight excluding hydrogens is 212 g/mol. The number of benzene rings is 1. The van der Waals surface area contributed by atoms with Gasteiger partial charge in [0.2, 0.25) is 0 Å². The first-order chi connectivity index (χ1) is 5.84. The normalized spacial score (nSPS) is 10.8. The lowest BCUT2D eigenvalue weighted by molar-refractivity contribution is 1.27. The van der Waals surface area contributed by atoms with Crippen LogP contribution in [0.15, 0.2) is 30.3 Å². The first-order valence-corrected chi connectivity index (χ1v) is 5.25. The van der Waals surface area contributed by atoms with Crippen LogP contribution in [0.3, 0.4) is 0 Å². The highest BCUT2D eigenvalue weighted by atomic mass is 79.9. The van der Waals surface area contributed by atoms with Crippen LogP contribution < -0.4 is 0 Å². The van der Waals surface area contributed by atoms with Crippen LogP contribution in [0.25, 0.3) is 6.08 Å². The summed E-state index contributed by atoms with van der Waals surface area (Å²) in [6.45, 7) is 2.13. The molecular formula is C11H13Br. The van der Waals surface area contributed by atoms with Crippen LogP contribution >= 0.6 is 15.9 Å². The van der Waals surface area contributed by atoms with Crippen molar-refractivity contribution >= 4 is 22.0 Å². The zero-order chi connectivity index (χ0) is 8.81. The summed E-state index contributed by atoms with van der Waals surface area (Å²) >= 11 is 3.39. The van der Waals surface area contributed by atoms with Gasteiger partial charge in [0.1, 0.15) is 0 Å². The first kappa shape index (κ1) is 9.53. The second kappa shape index (κ2) is 5.15. The molecule has 0 aliphatic heterocycles. The van der Waals surface area contributed by atoms with E-state index in [1.54, 1.807) is 0 Å². The molecule has 1 aromatic rings. The van der Waals surface area contributed by atoms with Crippen molar-refractivity contribution in [3.05, 3.63) is 41.5 Å². The van der Waals surface area contributed by atoms with Gasteiger partial charge in [0.15, 0.2) is 0 Å². The Labute approximate surface area is 82.4 Å². The van der Waals surface area contributed by atoms with E-state index in [0.29, 0.717) is 0 Å². The molecule has 0 amide bonds. The van der Waals surface area contributed by atoms with Gasteiger partial charge in [-0.05, 0) is 24.5 Å². The lowest BCUT2D eigenvalue weighted by Gasteiger charge is -1.97. The monoisotopic (exact) mass is 224 g/mol. The number of alkyl halides is 1. The molecule has 0 aliphatic carbocycles. The lowest BCUT2D eigenvalue weighted by Crippen LogP contribution is -1.77. The van der Waals surface area contributed by atoms with Gasteiger partial charge in [-0.2, -0.15) is 0 Å². The highest BCUT2D eigenvalue weighted by Crippen LogP contribution is 2.09. The van der Waals surface area contributed by atoms with E-state index in [-0.39, 0.29) is 0 Å². The van der Waals surface area contributed by atoms with E-state index in [9.17, 15) is 0 Å². The predicted molar refractivity (Wildman–Crippen MR) is 58.6 cm³/mol. The molecule has 0 atom stereocenters. The molecule has 0 saturated heterocycles. The van der Waals surface area contributed by atoms with Gasteiger partial charge in [0.05, 0.1) is 0 Å². The third-order valence-corrected chi connectivity index (χ3v) is 2.22. The van der Waals surface area contributed by atoms with Crippen LogP contribution in [0, 0.1) is 6.92 Å². The van der Waals surface area contributed by atoms with Crippen LogP contribution in [0.4, 0.5) is 0 Å². The summed E-state index contributed by atoms with van der Waals surface area (Å²) in [7, 11) is 0. The molecule has 0 unspecified atom stereocenters. The Hall–Kier alpha value is -0.560. The van der Waals surface area contributed by atoms with E-state index in [1.807, 2.05) is 0 Å². The van der Waals surface area contributed by atoms with Crippen molar-refractivity contribution in [3.63, 3.8) is 0 Å². The average molecular weight is 225 g/mol.